The van der Waals surface area contributed by atoms with Gasteiger partial charge in [0.1, 0.15) is 18.1 Å². The lowest BCUT2D eigenvalue weighted by molar-refractivity contribution is -0.149. The zero-order valence-electron chi connectivity index (χ0n) is 20.5. The van der Waals surface area contributed by atoms with Crippen molar-refractivity contribution in [2.45, 2.75) is 50.2 Å². The van der Waals surface area contributed by atoms with Crippen LogP contribution in [0.25, 0.3) is 10.9 Å². The first-order valence-corrected chi connectivity index (χ1v) is 12.1. The van der Waals surface area contributed by atoms with Crippen molar-refractivity contribution >= 4 is 40.6 Å². The molecule has 1 aromatic carbocycles. The molecule has 1 fully saturated rings. The number of carboxylic acid groups (broad SMARTS) is 1. The van der Waals surface area contributed by atoms with E-state index in [1.165, 1.54) is 4.90 Å². The minimum atomic E-state index is -1.09. The molecule has 0 aliphatic carbocycles. The number of carboxylic acids is 1. The maximum atomic E-state index is 13.6. The summed E-state index contributed by atoms with van der Waals surface area (Å²) in [5, 5.41) is 15.8. The van der Waals surface area contributed by atoms with E-state index in [4.69, 9.17) is 17.2 Å². The van der Waals surface area contributed by atoms with E-state index in [1.54, 1.807) is 6.20 Å². The molecule has 1 aromatic heterocycles. The number of carbonyl (C=O) groups is 4. The number of H-pyrrole nitrogens is 1. The lowest BCUT2D eigenvalue weighted by atomic mass is 10.0. The third kappa shape index (κ3) is 7.19. The van der Waals surface area contributed by atoms with E-state index >= 15 is 0 Å². The number of aromatic nitrogens is 1. The van der Waals surface area contributed by atoms with Gasteiger partial charge < -0.3 is 42.8 Å². The number of carbonyl (C=O) groups excluding carboxylic acids is 3. The first-order chi connectivity index (χ1) is 17.7. The van der Waals surface area contributed by atoms with Crippen LogP contribution in [0.2, 0.25) is 0 Å². The van der Waals surface area contributed by atoms with E-state index < -0.39 is 41.8 Å². The van der Waals surface area contributed by atoms with Gasteiger partial charge in [-0.15, -0.1) is 0 Å². The first-order valence-electron chi connectivity index (χ1n) is 12.1. The Balaban J connectivity index is 1.84. The van der Waals surface area contributed by atoms with E-state index in [1.807, 2.05) is 24.3 Å². The number of guanidine groups is 1. The van der Waals surface area contributed by atoms with Crippen LogP contribution >= 0.6 is 0 Å². The van der Waals surface area contributed by atoms with Crippen LogP contribution in [-0.4, -0.2) is 82.4 Å². The zero-order chi connectivity index (χ0) is 26.9. The standard InChI is InChI=1S/C24H34N8O5/c25-12-20(33)30-17(7-3-9-28-24(26)27)21(34)31-18(22(35)32-10-4-8-19(32)23(36)37)11-14-13-29-16-6-2-1-5-15(14)16/h1-2,5-6,13,17-19,29H,3-4,7-12,25H2,(H,30,33)(H,31,34)(H,36,37)(H4,26,27,28). The van der Waals surface area contributed by atoms with Crippen LogP contribution in [0.15, 0.2) is 35.5 Å². The van der Waals surface area contributed by atoms with E-state index in [9.17, 15) is 24.3 Å². The van der Waals surface area contributed by atoms with E-state index in [2.05, 4.69) is 20.6 Å². The highest BCUT2D eigenvalue weighted by molar-refractivity contribution is 5.94. The normalized spacial score (nSPS) is 16.7. The summed E-state index contributed by atoms with van der Waals surface area (Å²) in [6.45, 7) is 0.210. The second kappa shape index (κ2) is 12.7. The number of hydrogen-bond acceptors (Lipinski definition) is 6. The highest BCUT2D eigenvalue weighted by Crippen LogP contribution is 2.23. The van der Waals surface area contributed by atoms with E-state index in [-0.39, 0.29) is 38.4 Å². The van der Waals surface area contributed by atoms with Crippen LogP contribution < -0.4 is 27.8 Å². The van der Waals surface area contributed by atoms with Crippen LogP contribution in [0.4, 0.5) is 0 Å². The number of nitrogens with zero attached hydrogens (tertiary/aromatic N) is 2. The average molecular weight is 515 g/mol. The summed E-state index contributed by atoms with van der Waals surface area (Å²) in [6, 6.07) is 4.53. The molecular weight excluding hydrogens is 480 g/mol. The Morgan fingerprint density at radius 1 is 1.16 bits per heavy atom. The van der Waals surface area contributed by atoms with Gasteiger partial charge in [0, 0.05) is 36.6 Å². The molecule has 13 heteroatoms. The Morgan fingerprint density at radius 3 is 2.62 bits per heavy atom. The van der Waals surface area contributed by atoms with E-state index in [0.717, 1.165) is 16.5 Å². The fourth-order valence-electron chi connectivity index (χ4n) is 4.51. The van der Waals surface area contributed by atoms with Crippen molar-refractivity contribution in [3.8, 4) is 0 Å². The van der Waals surface area contributed by atoms with Gasteiger partial charge in [-0.25, -0.2) is 4.79 Å². The highest BCUT2D eigenvalue weighted by atomic mass is 16.4. The molecule has 0 spiro atoms. The Hall–Kier alpha value is -4.13. The third-order valence-electron chi connectivity index (χ3n) is 6.32. The van der Waals surface area contributed by atoms with Gasteiger partial charge in [-0.3, -0.25) is 19.4 Å². The molecule has 3 atom stereocenters. The molecule has 1 saturated heterocycles. The third-order valence-corrected chi connectivity index (χ3v) is 6.32. The number of rotatable bonds is 12. The number of benzene rings is 1. The summed E-state index contributed by atoms with van der Waals surface area (Å²) in [5.74, 6) is -2.79. The molecule has 10 N–H and O–H groups in total. The van der Waals surface area contributed by atoms with Crippen molar-refractivity contribution < 1.29 is 24.3 Å². The number of aliphatic imine (C=N–C) groups is 1. The Kier molecular flexibility index (Phi) is 9.44. The molecule has 37 heavy (non-hydrogen) atoms. The van der Waals surface area contributed by atoms with Crippen LogP contribution in [-0.2, 0) is 25.6 Å². The van der Waals surface area contributed by atoms with Crippen LogP contribution in [0.5, 0.6) is 0 Å². The van der Waals surface area contributed by atoms with Crippen molar-refractivity contribution in [3.05, 3.63) is 36.0 Å². The Bertz CT molecular complexity index is 1160. The average Bonchev–Trinajstić information content (AvgIpc) is 3.52. The lowest BCUT2D eigenvalue weighted by Gasteiger charge is -2.28. The highest BCUT2D eigenvalue weighted by Gasteiger charge is 2.38. The van der Waals surface area contributed by atoms with Gasteiger partial charge in [0.15, 0.2) is 5.96 Å². The zero-order valence-corrected chi connectivity index (χ0v) is 20.5. The number of nitrogens with two attached hydrogens (primary N) is 3. The number of likely N-dealkylation sites (tertiary alicyclic amines) is 1. The summed E-state index contributed by atoms with van der Waals surface area (Å²) in [6.07, 6.45) is 3.37. The summed E-state index contributed by atoms with van der Waals surface area (Å²) in [4.78, 5) is 58.9. The van der Waals surface area contributed by atoms with Crippen molar-refractivity contribution in [2.75, 3.05) is 19.6 Å². The number of nitrogens with one attached hydrogen (secondary N) is 3. The van der Waals surface area contributed by atoms with Crippen LogP contribution in [0.3, 0.4) is 0 Å². The van der Waals surface area contributed by atoms with Crippen molar-refractivity contribution in [2.24, 2.45) is 22.2 Å². The van der Waals surface area contributed by atoms with Crippen LogP contribution in [0, 0.1) is 0 Å². The summed E-state index contributed by atoms with van der Waals surface area (Å²) < 4.78 is 0. The number of para-hydroxylation sites is 1. The van der Waals surface area contributed by atoms with Crippen molar-refractivity contribution in [3.63, 3.8) is 0 Å². The predicted molar refractivity (Wildman–Crippen MR) is 137 cm³/mol. The molecule has 200 valence electrons. The predicted octanol–water partition coefficient (Wildman–Crippen LogP) is -1.23. The van der Waals surface area contributed by atoms with Gasteiger partial charge in [0.25, 0.3) is 0 Å². The molecule has 2 heterocycles. The quantitative estimate of drug-likeness (QED) is 0.103. The first kappa shape index (κ1) is 27.5. The molecular formula is C24H34N8O5. The Labute approximate surface area is 213 Å². The lowest BCUT2D eigenvalue weighted by Crippen LogP contribution is -2.56. The van der Waals surface area contributed by atoms with Gasteiger partial charge in [-0.05, 0) is 37.3 Å². The molecule has 3 amide bonds. The van der Waals surface area contributed by atoms with Gasteiger partial charge in [-0.2, -0.15) is 0 Å². The topological polar surface area (TPSA) is 222 Å². The second-order valence-electron chi connectivity index (χ2n) is 8.93. The summed E-state index contributed by atoms with van der Waals surface area (Å²) in [5.41, 5.74) is 17.8. The molecule has 1 aliphatic heterocycles. The van der Waals surface area contributed by atoms with Crippen molar-refractivity contribution in [1.82, 2.24) is 20.5 Å². The minimum absolute atomic E-state index is 0.0880. The van der Waals surface area contributed by atoms with E-state index in [0.29, 0.717) is 19.3 Å². The number of aromatic amines is 1. The number of fused-ring (bicyclic) bond motifs is 1. The molecule has 3 rings (SSSR count). The maximum Gasteiger partial charge on any atom is 0.326 e. The number of hydrogen-bond donors (Lipinski definition) is 7. The Morgan fingerprint density at radius 2 is 1.92 bits per heavy atom. The second-order valence-corrected chi connectivity index (χ2v) is 8.93. The fourth-order valence-corrected chi connectivity index (χ4v) is 4.51. The monoisotopic (exact) mass is 514 g/mol. The summed E-state index contributed by atoms with van der Waals surface area (Å²) >= 11 is 0. The number of aliphatic carboxylic acids is 1. The SMILES string of the molecule is NCC(=O)NC(CCCN=C(N)N)C(=O)NC(Cc1c[nH]c2ccccc12)C(=O)N1CCCC1C(=O)O. The largest absolute Gasteiger partial charge is 0.480 e. The molecule has 0 radical (unpaired) electrons. The molecule has 3 unspecified atom stereocenters. The van der Waals surface area contributed by atoms with Gasteiger partial charge in [0.2, 0.25) is 17.7 Å². The van der Waals surface area contributed by atoms with Gasteiger partial charge >= 0.3 is 5.97 Å². The van der Waals surface area contributed by atoms with Gasteiger partial charge in [-0.1, -0.05) is 18.2 Å². The fraction of sp³-hybridized carbons (Fsp3) is 0.458. The molecule has 0 bridgehead atoms. The van der Waals surface area contributed by atoms with Gasteiger partial charge in [0.05, 0.1) is 6.54 Å². The minimum Gasteiger partial charge on any atom is -0.480 e. The smallest absolute Gasteiger partial charge is 0.326 e. The van der Waals surface area contributed by atoms with Crippen molar-refractivity contribution in [1.29, 1.82) is 0 Å². The molecule has 1 aliphatic rings. The maximum absolute atomic E-state index is 13.6. The van der Waals surface area contributed by atoms with Crippen LogP contribution in [0.1, 0.15) is 31.2 Å². The molecule has 2 aromatic rings. The molecule has 0 saturated carbocycles. The molecule has 13 nitrogen and oxygen atoms in total. The summed E-state index contributed by atoms with van der Waals surface area (Å²) in [7, 11) is 0. The number of amides is 3.